The first-order valence-electron chi connectivity index (χ1n) is 14.8. The molecule has 4 rings (SSSR count). The molecule has 4 aromatic rings. The number of hydrogen-bond donors (Lipinski definition) is 0. The predicted octanol–water partition coefficient (Wildman–Crippen LogP) is 6.92. The lowest BCUT2D eigenvalue weighted by Crippen LogP contribution is -2.14. The lowest BCUT2D eigenvalue weighted by molar-refractivity contribution is -0.139. The quantitative estimate of drug-likeness (QED) is 0.0631. The van der Waals surface area contributed by atoms with E-state index in [0.717, 1.165) is 11.1 Å². The van der Waals surface area contributed by atoms with Crippen molar-refractivity contribution in [2.75, 3.05) is 26.4 Å². The fourth-order valence-electron chi connectivity index (χ4n) is 4.26. The molecule has 0 saturated heterocycles. The molecule has 0 spiro atoms. The van der Waals surface area contributed by atoms with Crippen molar-refractivity contribution < 1.29 is 42.9 Å². The molecule has 9 nitrogen and oxygen atoms in total. The largest absolute Gasteiger partial charge is 0.459 e. The van der Waals surface area contributed by atoms with Crippen LogP contribution in [0.15, 0.2) is 109 Å². The average Bonchev–Trinajstić information content (AvgIpc) is 3.07. The van der Waals surface area contributed by atoms with Crippen LogP contribution in [-0.4, -0.2) is 50.3 Å². The molecule has 0 aromatic heterocycles. The van der Waals surface area contributed by atoms with E-state index in [4.69, 9.17) is 23.7 Å². The minimum atomic E-state index is -0.554. The second-order valence-electron chi connectivity index (χ2n) is 10.2. The summed E-state index contributed by atoms with van der Waals surface area (Å²) in [5.41, 5.74) is 3.69. The number of ether oxygens (including phenoxy) is 5. The third kappa shape index (κ3) is 11.2. The Hall–Kier alpha value is -5.96. The van der Waals surface area contributed by atoms with Crippen LogP contribution in [0.2, 0.25) is 0 Å². The van der Waals surface area contributed by atoms with Gasteiger partial charge in [0, 0.05) is 12.2 Å². The summed E-state index contributed by atoms with van der Waals surface area (Å²) in [5.74, 6) is -1.21. The first-order chi connectivity index (χ1) is 22.8. The van der Waals surface area contributed by atoms with Crippen molar-refractivity contribution in [2.24, 2.45) is 0 Å². The number of benzene rings is 4. The summed E-state index contributed by atoms with van der Waals surface area (Å²) >= 11 is 0. The molecule has 0 unspecified atom stereocenters. The van der Waals surface area contributed by atoms with E-state index in [1.54, 1.807) is 62.4 Å². The van der Waals surface area contributed by atoms with Crippen LogP contribution in [0.4, 0.5) is 0 Å². The van der Waals surface area contributed by atoms with Crippen molar-refractivity contribution in [2.45, 2.75) is 13.8 Å². The lowest BCUT2D eigenvalue weighted by Gasteiger charge is -2.12. The van der Waals surface area contributed by atoms with Crippen LogP contribution in [0.1, 0.15) is 43.0 Å². The summed E-state index contributed by atoms with van der Waals surface area (Å²) in [6, 6.07) is 28.5. The van der Waals surface area contributed by atoms with Gasteiger partial charge in [-0.2, -0.15) is 0 Å². The first kappa shape index (κ1) is 33.9. The maximum atomic E-state index is 12.6. The van der Waals surface area contributed by atoms with Gasteiger partial charge in [-0.15, -0.1) is 0 Å². The molecule has 4 aromatic carbocycles. The van der Waals surface area contributed by atoms with Crippen LogP contribution in [0, 0.1) is 13.8 Å². The lowest BCUT2D eigenvalue weighted by atomic mass is 10.1. The molecule has 0 saturated carbocycles. The van der Waals surface area contributed by atoms with Gasteiger partial charge in [-0.25, -0.2) is 19.2 Å². The number of carbonyl (C=O) groups excluding carboxylic acids is 4. The van der Waals surface area contributed by atoms with E-state index in [9.17, 15) is 19.2 Å². The molecular weight excluding hydrogens is 600 g/mol. The van der Waals surface area contributed by atoms with Crippen molar-refractivity contribution in [3.63, 3.8) is 0 Å². The van der Waals surface area contributed by atoms with Gasteiger partial charge in [0.2, 0.25) is 0 Å². The van der Waals surface area contributed by atoms with Gasteiger partial charge in [0.1, 0.15) is 37.9 Å². The molecule has 0 aliphatic rings. The van der Waals surface area contributed by atoms with E-state index < -0.39 is 23.9 Å². The van der Waals surface area contributed by atoms with Crippen molar-refractivity contribution in [3.05, 3.63) is 143 Å². The monoisotopic (exact) mass is 634 g/mol. The van der Waals surface area contributed by atoms with Crippen LogP contribution in [-0.2, 0) is 28.5 Å². The molecule has 0 amide bonds. The number of esters is 4. The van der Waals surface area contributed by atoms with E-state index in [1.165, 1.54) is 12.2 Å². The van der Waals surface area contributed by atoms with Gasteiger partial charge >= 0.3 is 23.9 Å². The second-order valence-corrected chi connectivity index (χ2v) is 10.2. The zero-order valence-corrected chi connectivity index (χ0v) is 26.0. The molecule has 0 fully saturated rings. The summed E-state index contributed by atoms with van der Waals surface area (Å²) in [5, 5.41) is 0. The average molecular weight is 635 g/mol. The zero-order chi connectivity index (χ0) is 33.4. The summed E-state index contributed by atoms with van der Waals surface area (Å²) in [6.07, 6.45) is 5.91. The molecule has 0 bridgehead atoms. The third-order valence-electron chi connectivity index (χ3n) is 6.62. The maximum Gasteiger partial charge on any atom is 0.338 e. The van der Waals surface area contributed by atoms with E-state index in [0.29, 0.717) is 33.8 Å². The fraction of sp³-hybridized carbons (Fsp3) is 0.158. The smallest absolute Gasteiger partial charge is 0.338 e. The molecule has 0 N–H and O–H groups in total. The Morgan fingerprint density at radius 2 is 0.894 bits per heavy atom. The van der Waals surface area contributed by atoms with Crippen molar-refractivity contribution in [3.8, 4) is 11.5 Å². The summed E-state index contributed by atoms with van der Waals surface area (Å²) in [7, 11) is 0. The van der Waals surface area contributed by atoms with Crippen LogP contribution in [0.25, 0.3) is 12.2 Å². The van der Waals surface area contributed by atoms with Gasteiger partial charge in [0.25, 0.3) is 0 Å². The molecule has 240 valence electrons. The molecular formula is C38H34O9. The minimum absolute atomic E-state index is 0.0763. The van der Waals surface area contributed by atoms with Crippen LogP contribution >= 0.6 is 0 Å². The van der Waals surface area contributed by atoms with Crippen LogP contribution in [0.3, 0.4) is 0 Å². The van der Waals surface area contributed by atoms with E-state index in [-0.39, 0.29) is 26.4 Å². The molecule has 9 heteroatoms. The predicted molar refractivity (Wildman–Crippen MR) is 176 cm³/mol. The van der Waals surface area contributed by atoms with Gasteiger partial charge < -0.3 is 23.7 Å². The molecule has 0 aliphatic carbocycles. The van der Waals surface area contributed by atoms with E-state index >= 15 is 0 Å². The Bertz CT molecular complexity index is 1610. The normalized spacial score (nSPS) is 10.9. The second kappa shape index (κ2) is 17.5. The number of carbonyl (C=O) groups is 4. The van der Waals surface area contributed by atoms with Crippen molar-refractivity contribution in [1.29, 1.82) is 0 Å². The highest BCUT2D eigenvalue weighted by molar-refractivity contribution is 5.92. The van der Waals surface area contributed by atoms with Gasteiger partial charge in [0.05, 0.1) is 11.1 Å². The summed E-state index contributed by atoms with van der Waals surface area (Å²) in [4.78, 5) is 48.9. The molecule has 0 atom stereocenters. The van der Waals surface area contributed by atoms with Gasteiger partial charge in [-0.1, -0.05) is 60.7 Å². The molecule has 0 radical (unpaired) electrons. The highest BCUT2D eigenvalue weighted by Crippen LogP contribution is 2.26. The van der Waals surface area contributed by atoms with Crippen molar-refractivity contribution in [1.82, 2.24) is 0 Å². The SMILES string of the molecule is Cc1cc(Oc2ccc(C(=O)OCCOC(=O)/C=C/c3ccccc3)c(C)c2)ccc1C(=O)OCCOC(=O)/C=C\c1ccccc1. The third-order valence-corrected chi connectivity index (χ3v) is 6.62. The topological polar surface area (TPSA) is 114 Å². The van der Waals surface area contributed by atoms with Gasteiger partial charge in [0.15, 0.2) is 0 Å². The summed E-state index contributed by atoms with van der Waals surface area (Å²) in [6.45, 7) is 3.16. The highest BCUT2D eigenvalue weighted by atomic mass is 16.6. The number of rotatable bonds is 14. The zero-order valence-electron chi connectivity index (χ0n) is 26.0. The fourth-order valence-corrected chi connectivity index (χ4v) is 4.26. The minimum Gasteiger partial charge on any atom is -0.459 e. The van der Waals surface area contributed by atoms with Crippen LogP contribution < -0.4 is 4.74 Å². The van der Waals surface area contributed by atoms with Crippen molar-refractivity contribution >= 4 is 36.0 Å². The van der Waals surface area contributed by atoms with Gasteiger partial charge in [-0.3, -0.25) is 0 Å². The maximum absolute atomic E-state index is 12.6. The van der Waals surface area contributed by atoms with Crippen LogP contribution in [0.5, 0.6) is 11.5 Å². The highest BCUT2D eigenvalue weighted by Gasteiger charge is 2.14. The Balaban J connectivity index is 1.19. The summed E-state index contributed by atoms with van der Waals surface area (Å²) < 4.78 is 26.6. The van der Waals surface area contributed by atoms with E-state index in [2.05, 4.69) is 0 Å². The number of hydrogen-bond acceptors (Lipinski definition) is 9. The van der Waals surface area contributed by atoms with E-state index in [1.807, 2.05) is 60.7 Å². The Morgan fingerprint density at radius 3 is 1.28 bits per heavy atom. The Labute approximate surface area is 273 Å². The molecule has 0 heterocycles. The first-order valence-corrected chi connectivity index (χ1v) is 14.8. The Kier molecular flexibility index (Phi) is 12.6. The molecule has 47 heavy (non-hydrogen) atoms. The molecule has 0 aliphatic heterocycles. The Morgan fingerprint density at radius 1 is 0.511 bits per heavy atom. The standard InChI is InChI=1S/C38H34O9/c1-27-25-31(15-17-33(27)37(41)45-23-21-43-35(39)19-13-29-9-5-3-6-10-29)47-32-16-18-34(28(2)26-32)38(42)46-24-22-44-36(40)20-14-30-11-7-4-8-12-30/h3-20,25-26H,21-24H2,1-2H3/b19-13-,20-14+. The van der Waals surface area contributed by atoms with Gasteiger partial charge in [-0.05, 0) is 84.7 Å². The number of aryl methyl sites for hydroxylation is 2.